The van der Waals surface area contributed by atoms with Gasteiger partial charge < -0.3 is 19.5 Å². The molecule has 0 aliphatic heterocycles. The number of allylic oxidation sites excluding steroid dienone is 1. The molecule has 4 aliphatic rings. The zero-order valence-electron chi connectivity index (χ0n) is 43.1. The number of hydrogen-bond acceptors (Lipinski definition) is 4. The predicted molar refractivity (Wildman–Crippen MR) is 173 cm³/mol. The summed E-state index contributed by atoms with van der Waals surface area (Å²) in [5, 5.41) is 2.83. The van der Waals surface area contributed by atoms with Crippen molar-refractivity contribution in [3.63, 3.8) is 0 Å². The quantitative estimate of drug-likeness (QED) is 0.0784. The van der Waals surface area contributed by atoms with Gasteiger partial charge in [-0.1, -0.05) is 51.7 Å². The van der Waals surface area contributed by atoms with Gasteiger partial charge in [0.1, 0.15) is 6.10 Å². The van der Waals surface area contributed by atoms with Crippen LogP contribution in [0.25, 0.3) is 0 Å². The summed E-state index contributed by atoms with van der Waals surface area (Å²) in [4.78, 5) is 21.7. The van der Waals surface area contributed by atoms with Crippen LogP contribution in [-0.4, -0.2) is 54.9 Å². The van der Waals surface area contributed by atoms with Crippen LogP contribution >= 0.6 is 7.60 Å². The maximum absolute atomic E-state index is 14.3. The maximum Gasteiger partial charge on any atom is 0.431 e. The number of alkyl carbamates (subject to hydrolysis) is 1. The minimum Gasteiger partial charge on any atom is -0.446 e. The van der Waals surface area contributed by atoms with Crippen molar-refractivity contribution in [2.75, 3.05) is 19.8 Å². The molecule has 0 aromatic carbocycles. The Bertz CT molecular complexity index is 1270. The van der Waals surface area contributed by atoms with Crippen molar-refractivity contribution in [2.24, 2.45) is 40.4 Å². The minimum atomic E-state index is -6.00. The van der Waals surface area contributed by atoms with Gasteiger partial charge in [-0.2, -0.15) is 26.3 Å². The van der Waals surface area contributed by atoms with E-state index in [0.29, 0.717) is 37.1 Å². The van der Waals surface area contributed by atoms with Crippen molar-refractivity contribution in [1.29, 1.82) is 0 Å². The molecule has 0 saturated heterocycles. The van der Waals surface area contributed by atoms with Crippen molar-refractivity contribution >= 4 is 13.7 Å². The third-order valence-corrected chi connectivity index (χ3v) is 13.5. The third kappa shape index (κ3) is 53.6. The second-order valence-corrected chi connectivity index (χ2v) is 17.8. The van der Waals surface area contributed by atoms with Gasteiger partial charge in [-0.25, -0.2) is 9.18 Å². The molecule has 6 nitrogen and oxygen atoms in total. The van der Waals surface area contributed by atoms with E-state index in [9.17, 15) is 40.1 Å². The first-order valence-electron chi connectivity index (χ1n) is 18.0. The molecule has 38 heteroatoms. The number of fused-ring (bicyclic) bond motifs is 5. The van der Waals surface area contributed by atoms with Gasteiger partial charge in [0.05, 0.1) is 6.61 Å². The van der Waals surface area contributed by atoms with Crippen molar-refractivity contribution in [1.82, 2.24) is 5.32 Å². The van der Waals surface area contributed by atoms with Crippen LogP contribution in [-0.2, 0) is 799 Å². The molecule has 356 valence electrons. The topological polar surface area (TPSA) is 84.9 Å². The predicted octanol–water partition coefficient (Wildman–Crippen LogP) is 10.6. The van der Waals surface area contributed by atoms with E-state index in [-0.39, 0.29) is 827 Å². The summed E-state index contributed by atoms with van der Waals surface area (Å²) in [7, 11) is -3.44. The molecule has 0 aromatic heterocycles. The Morgan fingerprint density at radius 3 is 1.56 bits per heavy atom. The van der Waals surface area contributed by atoms with Crippen LogP contribution in [0.1, 0.15) is 117 Å². The molecule has 2 N–H and O–H groups in total. The van der Waals surface area contributed by atoms with Crippen molar-refractivity contribution in [3.8, 4) is 0 Å². The molecule has 0 heterocycles. The monoisotopic (exact) mass is 2870 g/mol. The zero-order chi connectivity index (χ0) is 36.5. The first kappa shape index (κ1) is 156. The largest absolute Gasteiger partial charge is 0.446 e. The van der Waals surface area contributed by atoms with Crippen LogP contribution in [0, 0.1) is 40.4 Å². The number of alkyl halides is 7. The third-order valence-electron chi connectivity index (χ3n) is 12.8. The molecule has 0 aromatic rings. The summed E-state index contributed by atoms with van der Waals surface area (Å²) in [5.74, 6) is 1.38. The summed E-state index contributed by atoms with van der Waals surface area (Å²) >= 11 is 0. The summed E-state index contributed by atoms with van der Waals surface area (Å²) in [6.07, 6.45) is -2.01. The fourth-order valence-corrected chi connectivity index (χ4v) is 10.7. The number of carbonyl (C=O) groups excluding carboxylic acids is 1. The summed E-state index contributed by atoms with van der Waals surface area (Å²) in [6.45, 7) is 8.37. The molecule has 73 heavy (non-hydrogen) atoms. The Morgan fingerprint density at radius 1 is 0.671 bits per heavy atom. The number of halogens is 7. The van der Waals surface area contributed by atoms with Crippen LogP contribution < -0.4 is 5.32 Å². The summed E-state index contributed by atoms with van der Waals surface area (Å²) in [6, 6.07) is 0. The van der Waals surface area contributed by atoms with Crippen LogP contribution in [0.2, 0.25) is 0 Å². The van der Waals surface area contributed by atoms with Gasteiger partial charge >= 0.3 is 26.0 Å². The number of carbonyl (C=O) groups is 1. The van der Waals surface area contributed by atoms with E-state index in [1.54, 1.807) is 0 Å². The zero-order valence-corrected chi connectivity index (χ0v) is 112. The molecule has 4 rings (SSSR count). The van der Waals surface area contributed by atoms with Crippen LogP contribution in [0.3, 0.4) is 0 Å². The van der Waals surface area contributed by atoms with Gasteiger partial charge in [-0.3, -0.25) is 4.57 Å². The number of hydrogen-bond donors (Lipinski definition) is 2. The fraction of sp³-hybridized carbons (Fsp3) is 0.914. The van der Waals surface area contributed by atoms with Crippen LogP contribution in [0.5, 0.6) is 0 Å². The normalized spacial score (nSPS) is 22.7. The second kappa shape index (κ2) is 79.7. The Balaban J connectivity index is -0.0000000593. The van der Waals surface area contributed by atoms with Crippen molar-refractivity contribution in [3.05, 3.63) is 11.6 Å². The fourth-order valence-electron chi connectivity index (χ4n) is 10.2. The average Bonchev–Trinajstić information content (AvgIpc) is 3.34. The Morgan fingerprint density at radius 2 is 1.12 bits per heavy atom. The molecule has 3 fully saturated rings. The van der Waals surface area contributed by atoms with Gasteiger partial charge in [0.25, 0.3) is 5.67 Å². The number of ether oxygens (including phenoxy) is 1. The number of amides is 1. The Hall–Kier alpha value is 25.2. The van der Waals surface area contributed by atoms with E-state index in [1.165, 1.54) is 5.57 Å². The summed E-state index contributed by atoms with van der Waals surface area (Å²) < 4.78 is 115. The Labute approximate surface area is 1040 Å². The van der Waals surface area contributed by atoms with E-state index >= 15 is 0 Å². The molecule has 4 aliphatic carbocycles. The van der Waals surface area contributed by atoms with E-state index < -0.39 is 44.6 Å². The number of rotatable bonds is 14. The molecule has 0 bridgehead atoms. The van der Waals surface area contributed by atoms with Crippen LogP contribution in [0.4, 0.5) is 35.5 Å². The van der Waals surface area contributed by atoms with Gasteiger partial charge in [-0.05, 0) is 111 Å². The first-order chi connectivity index (χ1) is 22.6. The SMILES string of the molecule is C[C@H](CCCC(F)(C(F)(F)F)C(F)(F)F)[C@H]1CC[C@H]2[C@@H]3CC=C4C[C@@H](OC(=O)NCCCCCCOP(C)(=O)O)CC[C@]4(C)[C@H]3CC[C@]12C.[Y].[Y].[Y].[Y].[Y].[Y].[Y].[Y].[Y].[Y].[Y].[Y].[Y].[Y].[Y].[Y].[Y].[Y].[Y].[Y].[Y].[Y].[Y].[Y]. The molecule has 0 spiro atoms. The maximum atomic E-state index is 14.3. The molecular formula is C35H55F7NO5PY24. The molecule has 3 saturated carbocycles. The van der Waals surface area contributed by atoms with E-state index in [2.05, 4.69) is 25.2 Å². The molecular weight excluding hydrogens is 2810 g/mol. The smallest absolute Gasteiger partial charge is 0.431 e. The van der Waals surface area contributed by atoms with E-state index in [0.717, 1.165) is 70.9 Å². The van der Waals surface area contributed by atoms with Crippen molar-refractivity contribution in [2.45, 2.75) is 141 Å². The number of nitrogens with one attached hydrogen (secondary N) is 1. The number of unbranched alkanes of at least 4 members (excludes halogenated alkanes) is 3. The van der Waals surface area contributed by atoms with Gasteiger partial charge in [0.15, 0.2) is 0 Å². The van der Waals surface area contributed by atoms with E-state index in [1.807, 2.05) is 6.92 Å². The van der Waals surface area contributed by atoms with Crippen molar-refractivity contribution < 1.29 is 839 Å². The summed E-state index contributed by atoms with van der Waals surface area (Å²) in [5.41, 5.74) is -3.91. The van der Waals surface area contributed by atoms with E-state index in [4.69, 9.17) is 14.2 Å². The van der Waals surface area contributed by atoms with Gasteiger partial charge in [-0.15, -0.1) is 0 Å². The molecule has 9 atom stereocenters. The molecule has 24 radical (unpaired) electrons. The minimum absolute atomic E-state index is 0. The Kier molecular flexibility index (Phi) is 170. The first-order valence-corrected chi connectivity index (χ1v) is 20.1. The van der Waals surface area contributed by atoms with Crippen LogP contribution in [0.15, 0.2) is 11.6 Å². The standard InChI is InChI=1S/C35H55F7NO5P.24Y/c1-23(10-9-17-33(36,34(37,38)39)35(40,41)42)27-13-14-28-26-12-11-24-22-25(15-18-31(24,2)29(26)16-19-32(27,28)3)48-30(44)43-20-7-5-6-8-21-47-49(4,45)46;;;;;;;;;;;;;;;;;;;;;;;;/h11,23,25-29H,5-10,12-22H2,1-4H3,(H,43,44)(H,45,46);;;;;;;;;;;;;;;;;;;;;;;;/t23-,25+,26+,27-,28+,29+,31+,32-;;;;;;;;;;;;;;;;;;;;;;;;/m1......................../s1. The average molecular weight is 2870 g/mol. The van der Waals surface area contributed by atoms with Gasteiger partial charge in [0.2, 0.25) is 0 Å². The molecule has 1 unspecified atom stereocenters. The van der Waals surface area contributed by atoms with Gasteiger partial charge in [0, 0.05) is 805 Å². The molecule has 1 amide bonds. The second-order valence-electron chi connectivity index (χ2n) is 15.9.